The minimum Gasteiger partial charge on any atom is -0.490 e. The molecule has 2 aromatic rings. The van der Waals surface area contributed by atoms with Crippen LogP contribution in [0.2, 0.25) is 5.02 Å². The van der Waals surface area contributed by atoms with Crippen molar-refractivity contribution < 1.29 is 27.0 Å². The van der Waals surface area contributed by atoms with Crippen LogP contribution in [-0.4, -0.2) is 26.7 Å². The Morgan fingerprint density at radius 3 is 2.52 bits per heavy atom. The lowest BCUT2D eigenvalue weighted by Gasteiger charge is -2.50. The van der Waals surface area contributed by atoms with Crippen LogP contribution in [0.4, 0.5) is 8.78 Å². The van der Waals surface area contributed by atoms with Gasteiger partial charge in [-0.3, -0.25) is 0 Å². The van der Waals surface area contributed by atoms with Crippen LogP contribution in [0, 0.1) is 23.5 Å². The molecule has 156 valence electrons. The molecule has 8 heteroatoms. The number of rotatable bonds is 4. The fraction of sp³-hybridized carbons (Fsp3) is 0.429. The van der Waals surface area contributed by atoms with Gasteiger partial charge in [0.15, 0.2) is 21.4 Å². The van der Waals surface area contributed by atoms with E-state index in [0.717, 1.165) is 12.1 Å². The van der Waals surface area contributed by atoms with Gasteiger partial charge >= 0.3 is 0 Å². The maximum atomic E-state index is 15.1. The molecule has 0 saturated heterocycles. The van der Waals surface area contributed by atoms with Crippen LogP contribution in [0.1, 0.15) is 31.2 Å². The Hall–Kier alpha value is -1.70. The summed E-state index contributed by atoms with van der Waals surface area (Å²) < 4.78 is 61.5. The first-order valence-electron chi connectivity index (χ1n) is 9.55. The topological polar surface area (TPSA) is 63.6 Å². The quantitative estimate of drug-likeness (QED) is 0.758. The number of sulfone groups is 1. The molecule has 4 rings (SSSR count). The van der Waals surface area contributed by atoms with Crippen molar-refractivity contribution in [2.45, 2.75) is 35.3 Å². The molecule has 2 aromatic carbocycles. The zero-order valence-corrected chi connectivity index (χ0v) is 17.1. The van der Waals surface area contributed by atoms with Gasteiger partial charge in [-0.2, -0.15) is 0 Å². The Labute approximate surface area is 173 Å². The van der Waals surface area contributed by atoms with E-state index >= 15 is 4.39 Å². The van der Waals surface area contributed by atoms with E-state index in [1.165, 1.54) is 24.3 Å². The van der Waals surface area contributed by atoms with Gasteiger partial charge in [-0.1, -0.05) is 18.0 Å². The zero-order chi connectivity index (χ0) is 20.8. The minimum absolute atomic E-state index is 0.00746. The van der Waals surface area contributed by atoms with E-state index in [9.17, 15) is 17.9 Å². The molecular formula is C21H21ClF2O4S. The molecular weight excluding hydrogens is 422 g/mol. The molecule has 1 aliphatic heterocycles. The van der Waals surface area contributed by atoms with Crippen molar-refractivity contribution in [3.8, 4) is 5.75 Å². The molecule has 2 aliphatic rings. The van der Waals surface area contributed by atoms with Gasteiger partial charge in [0.05, 0.1) is 17.1 Å². The number of ether oxygens (including phenoxy) is 1. The largest absolute Gasteiger partial charge is 0.490 e. The molecule has 1 unspecified atom stereocenters. The lowest BCUT2D eigenvalue weighted by molar-refractivity contribution is 0.0615. The van der Waals surface area contributed by atoms with Gasteiger partial charge in [0, 0.05) is 17.5 Å². The van der Waals surface area contributed by atoms with Gasteiger partial charge < -0.3 is 9.84 Å². The molecule has 1 N–H and O–H groups in total. The van der Waals surface area contributed by atoms with Crippen LogP contribution in [0.3, 0.4) is 0 Å². The fourth-order valence-electron chi connectivity index (χ4n) is 5.02. The van der Waals surface area contributed by atoms with Crippen molar-refractivity contribution in [2.24, 2.45) is 11.8 Å². The van der Waals surface area contributed by atoms with Crippen molar-refractivity contribution in [3.63, 3.8) is 0 Å². The summed E-state index contributed by atoms with van der Waals surface area (Å²) in [5.74, 6) is -2.70. The third kappa shape index (κ3) is 3.05. The van der Waals surface area contributed by atoms with E-state index in [0.29, 0.717) is 24.3 Å². The van der Waals surface area contributed by atoms with E-state index in [-0.39, 0.29) is 41.8 Å². The molecule has 0 spiro atoms. The smallest absolute Gasteiger partial charge is 0.188 e. The van der Waals surface area contributed by atoms with Gasteiger partial charge in [-0.25, -0.2) is 17.2 Å². The Morgan fingerprint density at radius 2 is 1.83 bits per heavy atom. The number of benzene rings is 2. The van der Waals surface area contributed by atoms with E-state index in [4.69, 9.17) is 16.3 Å². The maximum absolute atomic E-state index is 15.1. The third-order valence-corrected chi connectivity index (χ3v) is 9.10. The molecule has 1 aliphatic carbocycles. The van der Waals surface area contributed by atoms with Gasteiger partial charge in [0.25, 0.3) is 0 Å². The molecule has 0 aromatic heterocycles. The average molecular weight is 443 g/mol. The average Bonchev–Trinajstić information content (AvgIpc) is 2.71. The van der Waals surface area contributed by atoms with E-state index in [1.54, 1.807) is 0 Å². The Morgan fingerprint density at radius 1 is 1.14 bits per heavy atom. The van der Waals surface area contributed by atoms with Crippen molar-refractivity contribution >= 4 is 21.4 Å². The van der Waals surface area contributed by atoms with Crippen LogP contribution < -0.4 is 4.74 Å². The van der Waals surface area contributed by atoms with Crippen LogP contribution in [0.5, 0.6) is 5.75 Å². The summed E-state index contributed by atoms with van der Waals surface area (Å²) in [6.45, 7) is -0.165. The minimum atomic E-state index is -4.13. The number of hydrogen-bond acceptors (Lipinski definition) is 4. The first-order chi connectivity index (χ1) is 13.8. The molecule has 29 heavy (non-hydrogen) atoms. The van der Waals surface area contributed by atoms with Crippen LogP contribution in [0.15, 0.2) is 41.3 Å². The molecule has 0 bridgehead atoms. The number of fused-ring (bicyclic) bond motifs is 3. The summed E-state index contributed by atoms with van der Waals surface area (Å²) in [7, 11) is -4.13. The number of aliphatic hydroxyl groups excluding tert-OH is 1. The summed E-state index contributed by atoms with van der Waals surface area (Å²) in [5.41, 5.74) is -0.230. The third-order valence-electron chi connectivity index (χ3n) is 6.28. The second-order valence-corrected chi connectivity index (χ2v) is 10.3. The van der Waals surface area contributed by atoms with Crippen LogP contribution in [0.25, 0.3) is 0 Å². The summed E-state index contributed by atoms with van der Waals surface area (Å²) in [4.78, 5) is 0.00746. The highest BCUT2D eigenvalue weighted by atomic mass is 35.5. The van der Waals surface area contributed by atoms with E-state index < -0.39 is 32.1 Å². The van der Waals surface area contributed by atoms with E-state index in [2.05, 4.69) is 0 Å². The lowest BCUT2D eigenvalue weighted by Crippen LogP contribution is -2.54. The van der Waals surface area contributed by atoms with Crippen molar-refractivity contribution in [1.82, 2.24) is 0 Å². The Bertz CT molecular complexity index is 1020. The second-order valence-electron chi connectivity index (χ2n) is 7.66. The molecule has 0 radical (unpaired) electrons. The predicted molar refractivity (Wildman–Crippen MR) is 105 cm³/mol. The number of halogens is 3. The summed E-state index contributed by atoms with van der Waals surface area (Å²) >= 11 is 5.92. The fourth-order valence-corrected chi connectivity index (χ4v) is 7.59. The van der Waals surface area contributed by atoms with Gasteiger partial charge in [0.1, 0.15) is 10.6 Å². The van der Waals surface area contributed by atoms with Gasteiger partial charge in [0.2, 0.25) is 0 Å². The first-order valence-corrected chi connectivity index (χ1v) is 11.4. The SMILES string of the molecule is O=S(=O)(c1ccc(Cl)cc1)[C@@]12CCC[C@@H](CCO)C1COc1c(F)ccc(F)c12. The normalized spacial score (nSPS) is 26.3. The molecule has 1 heterocycles. The van der Waals surface area contributed by atoms with Crippen LogP contribution >= 0.6 is 11.6 Å². The molecule has 4 nitrogen and oxygen atoms in total. The number of hydrogen-bond donors (Lipinski definition) is 1. The van der Waals surface area contributed by atoms with Crippen molar-refractivity contribution in [1.29, 1.82) is 0 Å². The van der Waals surface area contributed by atoms with Gasteiger partial charge in [-0.15, -0.1) is 0 Å². The predicted octanol–water partition coefficient (Wildman–Crippen LogP) is 4.48. The van der Waals surface area contributed by atoms with Crippen LogP contribution in [-0.2, 0) is 14.6 Å². The first kappa shape index (κ1) is 20.6. The Balaban J connectivity index is 2.01. The Kier molecular flexibility index (Phi) is 5.34. The highest BCUT2D eigenvalue weighted by Gasteiger charge is 2.60. The van der Waals surface area contributed by atoms with Gasteiger partial charge in [-0.05, 0) is 61.6 Å². The monoisotopic (exact) mass is 442 g/mol. The maximum Gasteiger partial charge on any atom is 0.188 e. The van der Waals surface area contributed by atoms with Crippen molar-refractivity contribution in [3.05, 3.63) is 58.6 Å². The molecule has 0 amide bonds. The second kappa shape index (κ2) is 7.52. The standard InChI is InChI=1S/C21H21ClF2O4S/c22-14-3-5-15(6-4-14)29(26,27)21-10-1-2-13(9-11-25)16(21)12-28-20-18(24)8-7-17(23)19(20)21/h3-8,13,16,25H,1-2,9-12H2/t13-,16?,21-/m0/s1. The molecule has 3 atom stereocenters. The lowest BCUT2D eigenvalue weighted by atomic mass is 9.66. The summed E-state index contributed by atoms with van der Waals surface area (Å²) in [5, 5.41) is 9.88. The molecule has 1 saturated carbocycles. The van der Waals surface area contributed by atoms with Crippen molar-refractivity contribution in [2.75, 3.05) is 13.2 Å². The summed E-state index contributed by atoms with van der Waals surface area (Å²) in [6.07, 6.45) is 1.74. The zero-order valence-electron chi connectivity index (χ0n) is 15.6. The molecule has 1 fully saturated rings. The number of aliphatic hydroxyl groups is 1. The highest BCUT2D eigenvalue weighted by Crippen LogP contribution is 2.58. The summed E-state index contributed by atoms with van der Waals surface area (Å²) in [6, 6.07) is 7.63. The highest BCUT2D eigenvalue weighted by molar-refractivity contribution is 7.92. The van der Waals surface area contributed by atoms with E-state index in [1.807, 2.05) is 0 Å².